The number of hydrogen-bond donors (Lipinski definition) is 1. The van der Waals surface area contributed by atoms with Crippen LogP contribution in [-0.4, -0.2) is 20.1 Å². The molecule has 1 aromatic rings. The quantitative estimate of drug-likeness (QED) is 0.877. The number of rotatable bonds is 3. The van der Waals surface area contributed by atoms with E-state index in [1.807, 2.05) is 4.68 Å². The van der Waals surface area contributed by atoms with E-state index in [0.29, 0.717) is 5.92 Å². The molecule has 1 aliphatic rings. The van der Waals surface area contributed by atoms with Gasteiger partial charge in [-0.15, -0.1) is 5.10 Å². The highest BCUT2D eigenvalue weighted by Gasteiger charge is 2.42. The lowest BCUT2D eigenvalue weighted by molar-refractivity contribution is -0.0694. The molecule has 2 rings (SSSR count). The molecule has 0 amide bonds. The minimum atomic E-state index is -0.740. The Morgan fingerprint density at radius 1 is 1.47 bits per heavy atom. The fourth-order valence-electron chi connectivity index (χ4n) is 2.93. The van der Waals surface area contributed by atoms with Gasteiger partial charge >= 0.3 is 0 Å². The number of aromatic nitrogens is 3. The maximum Gasteiger partial charge on any atom is 0.111 e. The van der Waals surface area contributed by atoms with Gasteiger partial charge in [0.15, 0.2) is 0 Å². The zero-order valence-corrected chi connectivity index (χ0v) is 11.1. The third kappa shape index (κ3) is 2.23. The van der Waals surface area contributed by atoms with Gasteiger partial charge in [-0.3, -0.25) is 0 Å². The van der Waals surface area contributed by atoms with Gasteiger partial charge in [-0.2, -0.15) is 0 Å². The van der Waals surface area contributed by atoms with E-state index in [9.17, 15) is 5.11 Å². The van der Waals surface area contributed by atoms with Crippen LogP contribution in [0.15, 0.2) is 6.20 Å². The molecule has 1 heterocycles. The minimum Gasteiger partial charge on any atom is -0.383 e. The Morgan fingerprint density at radius 3 is 2.94 bits per heavy atom. The Hall–Kier alpha value is -0.900. The Bertz CT molecular complexity index is 376. The molecule has 3 atom stereocenters. The van der Waals surface area contributed by atoms with Gasteiger partial charge in [-0.1, -0.05) is 32.4 Å². The van der Waals surface area contributed by atoms with Crippen LogP contribution in [-0.2, 0) is 12.1 Å². The number of hydrogen-bond acceptors (Lipinski definition) is 3. The molecule has 0 saturated heterocycles. The maximum absolute atomic E-state index is 11.0. The molecule has 1 saturated carbocycles. The predicted octanol–water partition coefficient (Wildman–Crippen LogP) is 2.33. The van der Waals surface area contributed by atoms with Gasteiger partial charge < -0.3 is 5.11 Å². The number of aryl methyl sites for hydroxylation is 1. The van der Waals surface area contributed by atoms with Gasteiger partial charge in [0.2, 0.25) is 0 Å². The van der Waals surface area contributed by atoms with Crippen LogP contribution in [0.5, 0.6) is 0 Å². The van der Waals surface area contributed by atoms with Crippen molar-refractivity contribution < 1.29 is 5.11 Å². The predicted molar refractivity (Wildman–Crippen MR) is 66.4 cm³/mol. The third-order valence-corrected chi connectivity index (χ3v) is 4.06. The van der Waals surface area contributed by atoms with Crippen molar-refractivity contribution >= 4 is 0 Å². The van der Waals surface area contributed by atoms with Crippen LogP contribution in [0.1, 0.15) is 52.1 Å². The van der Waals surface area contributed by atoms with E-state index < -0.39 is 5.60 Å². The summed E-state index contributed by atoms with van der Waals surface area (Å²) >= 11 is 0. The standard InChI is InChI=1S/C13H23N3O/c1-4-7-16-12(9-14-15-16)13(17)8-10(2)5-6-11(13)3/h9-11,17H,4-8H2,1-3H3. The first-order valence-corrected chi connectivity index (χ1v) is 6.69. The first-order valence-electron chi connectivity index (χ1n) is 6.69. The minimum absolute atomic E-state index is 0.285. The lowest BCUT2D eigenvalue weighted by Crippen LogP contribution is -2.41. The SMILES string of the molecule is CCCn1nncc1C1(O)CC(C)CCC1C. The second kappa shape index (κ2) is 4.77. The van der Waals surface area contributed by atoms with E-state index in [0.717, 1.165) is 31.5 Å². The summed E-state index contributed by atoms with van der Waals surface area (Å²) in [6, 6.07) is 0. The van der Waals surface area contributed by atoms with Crippen LogP contribution < -0.4 is 0 Å². The van der Waals surface area contributed by atoms with Crippen LogP contribution in [0.3, 0.4) is 0 Å². The summed E-state index contributed by atoms with van der Waals surface area (Å²) in [6.07, 6.45) is 5.86. The zero-order valence-electron chi connectivity index (χ0n) is 11.1. The number of aliphatic hydroxyl groups is 1. The molecule has 4 nitrogen and oxygen atoms in total. The summed E-state index contributed by atoms with van der Waals surface area (Å²) in [5.74, 6) is 0.856. The van der Waals surface area contributed by atoms with Crippen molar-refractivity contribution in [3.05, 3.63) is 11.9 Å². The normalized spacial score (nSPS) is 33.9. The molecule has 3 unspecified atom stereocenters. The Morgan fingerprint density at radius 2 is 2.24 bits per heavy atom. The fraction of sp³-hybridized carbons (Fsp3) is 0.846. The van der Waals surface area contributed by atoms with Crippen molar-refractivity contribution in [2.45, 2.75) is 58.6 Å². The Labute approximate surface area is 103 Å². The highest BCUT2D eigenvalue weighted by atomic mass is 16.3. The summed E-state index contributed by atoms with van der Waals surface area (Å²) in [4.78, 5) is 0. The van der Waals surface area contributed by atoms with Crippen molar-refractivity contribution in [2.75, 3.05) is 0 Å². The topological polar surface area (TPSA) is 50.9 Å². The molecule has 0 spiro atoms. The number of nitrogens with zero attached hydrogens (tertiary/aromatic N) is 3. The molecule has 96 valence electrons. The van der Waals surface area contributed by atoms with E-state index in [-0.39, 0.29) is 5.92 Å². The molecule has 17 heavy (non-hydrogen) atoms. The first-order chi connectivity index (χ1) is 8.08. The van der Waals surface area contributed by atoms with E-state index >= 15 is 0 Å². The van der Waals surface area contributed by atoms with Gasteiger partial charge in [0.1, 0.15) is 5.60 Å². The lowest BCUT2D eigenvalue weighted by Gasteiger charge is -2.40. The van der Waals surface area contributed by atoms with Gasteiger partial charge in [0.25, 0.3) is 0 Å². The second-order valence-electron chi connectivity index (χ2n) is 5.55. The van der Waals surface area contributed by atoms with Crippen LogP contribution >= 0.6 is 0 Å². The molecule has 0 aromatic carbocycles. The third-order valence-electron chi connectivity index (χ3n) is 4.06. The molecule has 1 fully saturated rings. The fourth-order valence-corrected chi connectivity index (χ4v) is 2.93. The van der Waals surface area contributed by atoms with Crippen molar-refractivity contribution in [1.29, 1.82) is 0 Å². The Kier molecular flexibility index (Phi) is 3.52. The van der Waals surface area contributed by atoms with E-state index in [1.54, 1.807) is 6.20 Å². The smallest absolute Gasteiger partial charge is 0.111 e. The zero-order chi connectivity index (χ0) is 12.5. The van der Waals surface area contributed by atoms with Crippen LogP contribution in [0.2, 0.25) is 0 Å². The Balaban J connectivity index is 2.31. The monoisotopic (exact) mass is 237 g/mol. The van der Waals surface area contributed by atoms with Crippen LogP contribution in [0.4, 0.5) is 0 Å². The van der Waals surface area contributed by atoms with Crippen molar-refractivity contribution in [3.63, 3.8) is 0 Å². The van der Waals surface area contributed by atoms with E-state index in [1.165, 1.54) is 6.42 Å². The van der Waals surface area contributed by atoms with Crippen LogP contribution in [0.25, 0.3) is 0 Å². The average Bonchev–Trinajstić information content (AvgIpc) is 2.73. The lowest BCUT2D eigenvalue weighted by atomic mass is 9.70. The molecule has 0 aliphatic heterocycles. The summed E-state index contributed by atoms with van der Waals surface area (Å²) in [7, 11) is 0. The molecule has 4 heteroatoms. The summed E-state index contributed by atoms with van der Waals surface area (Å²) < 4.78 is 1.87. The van der Waals surface area contributed by atoms with Gasteiger partial charge in [-0.25, -0.2) is 4.68 Å². The molecule has 1 N–H and O–H groups in total. The van der Waals surface area contributed by atoms with Crippen LogP contribution in [0, 0.1) is 11.8 Å². The summed E-state index contributed by atoms with van der Waals surface area (Å²) in [5, 5.41) is 19.0. The largest absolute Gasteiger partial charge is 0.383 e. The average molecular weight is 237 g/mol. The highest BCUT2D eigenvalue weighted by Crippen LogP contribution is 2.43. The maximum atomic E-state index is 11.0. The second-order valence-corrected chi connectivity index (χ2v) is 5.55. The van der Waals surface area contributed by atoms with Crippen molar-refractivity contribution in [2.24, 2.45) is 11.8 Å². The van der Waals surface area contributed by atoms with Gasteiger partial charge in [-0.05, 0) is 31.1 Å². The molecule has 1 aliphatic carbocycles. The van der Waals surface area contributed by atoms with Gasteiger partial charge in [0.05, 0.1) is 11.9 Å². The molecular formula is C13H23N3O. The van der Waals surface area contributed by atoms with Crippen molar-refractivity contribution in [3.8, 4) is 0 Å². The first kappa shape index (κ1) is 12.6. The summed E-state index contributed by atoms with van der Waals surface area (Å²) in [6.45, 7) is 7.29. The van der Waals surface area contributed by atoms with Crippen molar-refractivity contribution in [1.82, 2.24) is 15.0 Å². The molecule has 1 aromatic heterocycles. The molecular weight excluding hydrogens is 214 g/mol. The molecule has 0 radical (unpaired) electrons. The van der Waals surface area contributed by atoms with E-state index in [2.05, 4.69) is 31.1 Å². The molecule has 0 bridgehead atoms. The highest BCUT2D eigenvalue weighted by molar-refractivity contribution is 5.12. The van der Waals surface area contributed by atoms with E-state index in [4.69, 9.17) is 0 Å². The van der Waals surface area contributed by atoms with Gasteiger partial charge in [0, 0.05) is 6.54 Å². The summed E-state index contributed by atoms with van der Waals surface area (Å²) in [5.41, 5.74) is 0.162.